The standard InChI is InChI=1S/C26H41F2NO5Si/c1-24(2,3)29(23(30)31)19-14-16(21-22(19)33-26(7,8)32-21)20(34-35(9,10)25(4,5)6)15-11-12-17(27)18(28)13-15/h11-13,16,19-22H,14H2,1-10H3,(H,30,31)/t16-,19-,20?,21-,22+/m1/s1. The van der Waals surface area contributed by atoms with E-state index in [0.29, 0.717) is 12.0 Å². The maximum atomic E-state index is 14.4. The van der Waals surface area contributed by atoms with Gasteiger partial charge in [0.1, 0.15) is 6.10 Å². The molecule has 9 heteroatoms. The molecule has 1 amide bonds. The Bertz CT molecular complexity index is 956. The zero-order valence-electron chi connectivity index (χ0n) is 22.6. The second-order valence-electron chi connectivity index (χ2n) is 12.8. The molecule has 5 atom stereocenters. The Morgan fingerprint density at radius 1 is 1.11 bits per heavy atom. The maximum absolute atomic E-state index is 14.4. The van der Waals surface area contributed by atoms with Gasteiger partial charge in [-0.2, -0.15) is 0 Å². The van der Waals surface area contributed by atoms with Crippen LogP contribution in [0, 0.1) is 17.6 Å². The van der Waals surface area contributed by atoms with Crippen LogP contribution >= 0.6 is 0 Å². The van der Waals surface area contributed by atoms with Gasteiger partial charge in [0, 0.05) is 11.5 Å². The zero-order valence-corrected chi connectivity index (χ0v) is 23.6. The summed E-state index contributed by atoms with van der Waals surface area (Å²) in [6, 6.07) is 3.37. The van der Waals surface area contributed by atoms with E-state index in [9.17, 15) is 18.7 Å². The van der Waals surface area contributed by atoms with Crippen LogP contribution in [0.3, 0.4) is 0 Å². The maximum Gasteiger partial charge on any atom is 0.408 e. The number of rotatable bonds is 5. The van der Waals surface area contributed by atoms with Crippen LogP contribution in [0.1, 0.15) is 73.5 Å². The van der Waals surface area contributed by atoms with Gasteiger partial charge in [-0.15, -0.1) is 0 Å². The average molecular weight is 514 g/mol. The molecule has 0 spiro atoms. The Kier molecular flexibility index (Phi) is 7.27. The molecule has 3 rings (SSSR count). The van der Waals surface area contributed by atoms with Crippen molar-refractivity contribution < 1.29 is 32.6 Å². The fourth-order valence-corrected chi connectivity index (χ4v) is 6.35. The van der Waals surface area contributed by atoms with Crippen molar-refractivity contribution in [1.82, 2.24) is 4.90 Å². The Labute approximate surface area is 209 Å². The highest BCUT2D eigenvalue weighted by molar-refractivity contribution is 6.74. The molecule has 1 saturated heterocycles. The van der Waals surface area contributed by atoms with Gasteiger partial charge in [-0.1, -0.05) is 26.8 Å². The molecule has 1 aromatic carbocycles. The highest BCUT2D eigenvalue weighted by Crippen LogP contribution is 2.52. The van der Waals surface area contributed by atoms with Crippen molar-refractivity contribution in [2.45, 2.75) is 116 Å². The molecule has 198 valence electrons. The third-order valence-electron chi connectivity index (χ3n) is 7.63. The lowest BCUT2D eigenvalue weighted by Gasteiger charge is -2.42. The van der Waals surface area contributed by atoms with Crippen LogP contribution in [-0.2, 0) is 13.9 Å². The van der Waals surface area contributed by atoms with Crippen molar-refractivity contribution in [3.63, 3.8) is 0 Å². The van der Waals surface area contributed by atoms with Crippen LogP contribution in [0.15, 0.2) is 18.2 Å². The molecule has 1 saturated carbocycles. The van der Waals surface area contributed by atoms with E-state index in [0.717, 1.165) is 6.07 Å². The van der Waals surface area contributed by atoms with Gasteiger partial charge in [0.2, 0.25) is 0 Å². The van der Waals surface area contributed by atoms with Gasteiger partial charge in [0.25, 0.3) is 0 Å². The summed E-state index contributed by atoms with van der Waals surface area (Å²) in [6.07, 6.45) is -2.22. The average Bonchev–Trinajstić information content (AvgIpc) is 3.13. The number of halogens is 2. The highest BCUT2D eigenvalue weighted by Gasteiger charge is 2.60. The zero-order chi connectivity index (χ0) is 26.7. The van der Waals surface area contributed by atoms with Crippen molar-refractivity contribution >= 4 is 14.4 Å². The van der Waals surface area contributed by atoms with Gasteiger partial charge in [0.15, 0.2) is 25.7 Å². The van der Waals surface area contributed by atoms with Gasteiger partial charge >= 0.3 is 6.09 Å². The van der Waals surface area contributed by atoms with Crippen molar-refractivity contribution in [2.24, 2.45) is 5.92 Å². The van der Waals surface area contributed by atoms with E-state index in [2.05, 4.69) is 33.9 Å². The van der Waals surface area contributed by atoms with E-state index in [4.69, 9.17) is 13.9 Å². The quantitative estimate of drug-likeness (QED) is 0.443. The largest absolute Gasteiger partial charge is 0.465 e. The van der Waals surface area contributed by atoms with Gasteiger partial charge in [-0.05, 0) is 76.9 Å². The lowest BCUT2D eigenvalue weighted by Crippen LogP contribution is -2.54. The van der Waals surface area contributed by atoms with Crippen LogP contribution in [0.4, 0.5) is 13.6 Å². The molecule has 1 unspecified atom stereocenters. The molecular weight excluding hydrogens is 472 g/mol. The minimum absolute atomic E-state index is 0.133. The lowest BCUT2D eigenvalue weighted by molar-refractivity contribution is -0.168. The topological polar surface area (TPSA) is 68.2 Å². The number of hydrogen-bond donors (Lipinski definition) is 1. The van der Waals surface area contributed by atoms with Crippen LogP contribution in [0.2, 0.25) is 18.1 Å². The number of carbonyl (C=O) groups is 1. The summed E-state index contributed by atoms with van der Waals surface area (Å²) in [6.45, 7) is 19.7. The molecule has 0 aromatic heterocycles. The van der Waals surface area contributed by atoms with Crippen LogP contribution in [-0.4, -0.2) is 54.0 Å². The SMILES string of the molecule is CC1(C)O[C@@H]2[C@H](O1)[C@@H](C(O[Si](C)(C)C(C)(C)C)c1ccc(F)c(F)c1)C[C@H]2N(C(=O)O)C(C)(C)C. The summed E-state index contributed by atoms with van der Waals surface area (Å²) in [5, 5.41) is 10.0. The predicted octanol–water partition coefficient (Wildman–Crippen LogP) is 6.71. The second kappa shape index (κ2) is 9.08. The Hall–Kier alpha value is -1.55. The van der Waals surface area contributed by atoms with Gasteiger partial charge in [0.05, 0.1) is 18.2 Å². The first-order valence-corrected chi connectivity index (χ1v) is 15.2. The highest BCUT2D eigenvalue weighted by atomic mass is 28.4. The molecule has 1 aliphatic heterocycles. The normalized spacial score (nSPS) is 27.5. The fraction of sp³-hybridized carbons (Fsp3) is 0.731. The minimum atomic E-state index is -2.38. The minimum Gasteiger partial charge on any atom is -0.465 e. The first-order chi connectivity index (χ1) is 15.7. The fourth-order valence-electron chi connectivity index (χ4n) is 5.05. The molecule has 2 aliphatic rings. The molecule has 6 nitrogen and oxygen atoms in total. The summed E-state index contributed by atoms with van der Waals surface area (Å²) < 4.78 is 47.7. The van der Waals surface area contributed by atoms with Gasteiger partial charge in [-0.3, -0.25) is 4.90 Å². The first-order valence-electron chi connectivity index (χ1n) is 12.3. The number of fused-ring (bicyclic) bond motifs is 1. The van der Waals surface area contributed by atoms with E-state index in [1.165, 1.54) is 11.0 Å². The molecule has 1 aliphatic carbocycles. The third-order valence-corrected chi connectivity index (χ3v) is 12.1. The molecule has 35 heavy (non-hydrogen) atoms. The van der Waals surface area contributed by atoms with Crippen LogP contribution in [0.25, 0.3) is 0 Å². The van der Waals surface area contributed by atoms with Crippen molar-refractivity contribution in [2.75, 3.05) is 0 Å². The number of amides is 1. The van der Waals surface area contributed by atoms with Crippen molar-refractivity contribution in [1.29, 1.82) is 0 Å². The van der Waals surface area contributed by atoms with E-state index in [-0.39, 0.29) is 11.0 Å². The van der Waals surface area contributed by atoms with E-state index >= 15 is 0 Å². The molecule has 0 bridgehead atoms. The Balaban J connectivity index is 2.12. The molecular formula is C26H41F2NO5Si. The second-order valence-corrected chi connectivity index (χ2v) is 17.6. The van der Waals surface area contributed by atoms with E-state index < -0.39 is 61.7 Å². The number of nitrogens with zero attached hydrogens (tertiary/aromatic N) is 1. The smallest absolute Gasteiger partial charge is 0.408 e. The summed E-state index contributed by atoms with van der Waals surface area (Å²) >= 11 is 0. The molecule has 1 heterocycles. The first kappa shape index (κ1) is 28.0. The summed E-state index contributed by atoms with van der Waals surface area (Å²) in [5.74, 6) is -3.10. The number of carboxylic acid groups (broad SMARTS) is 1. The third kappa shape index (κ3) is 5.58. The number of hydrogen-bond acceptors (Lipinski definition) is 4. The predicted molar refractivity (Wildman–Crippen MR) is 133 cm³/mol. The van der Waals surface area contributed by atoms with Crippen molar-refractivity contribution in [3.8, 4) is 0 Å². The molecule has 1 aromatic rings. The van der Waals surface area contributed by atoms with Gasteiger partial charge < -0.3 is 19.0 Å². The van der Waals surface area contributed by atoms with Crippen LogP contribution < -0.4 is 0 Å². The molecule has 2 fully saturated rings. The number of ether oxygens (including phenoxy) is 2. The van der Waals surface area contributed by atoms with Crippen molar-refractivity contribution in [3.05, 3.63) is 35.4 Å². The monoisotopic (exact) mass is 513 g/mol. The summed E-state index contributed by atoms with van der Waals surface area (Å²) in [7, 11) is -2.38. The van der Waals surface area contributed by atoms with Gasteiger partial charge in [-0.25, -0.2) is 13.6 Å². The summed E-state index contributed by atoms with van der Waals surface area (Å²) in [4.78, 5) is 13.8. The Morgan fingerprint density at radius 3 is 2.17 bits per heavy atom. The number of benzene rings is 1. The van der Waals surface area contributed by atoms with E-state index in [1.807, 2.05) is 34.6 Å². The lowest BCUT2D eigenvalue weighted by atomic mass is 9.92. The summed E-state index contributed by atoms with van der Waals surface area (Å²) in [5.41, 5.74) is -0.159. The Morgan fingerprint density at radius 2 is 1.69 bits per heavy atom. The van der Waals surface area contributed by atoms with E-state index in [1.54, 1.807) is 6.07 Å². The molecule has 1 N–H and O–H groups in total. The van der Waals surface area contributed by atoms with Crippen LogP contribution in [0.5, 0.6) is 0 Å². The molecule has 0 radical (unpaired) electrons.